The van der Waals surface area contributed by atoms with Gasteiger partial charge in [-0.05, 0) is 18.9 Å². The predicted octanol–water partition coefficient (Wildman–Crippen LogP) is 0.418. The van der Waals surface area contributed by atoms with Crippen molar-refractivity contribution in [1.82, 2.24) is 9.29 Å². The van der Waals surface area contributed by atoms with E-state index in [1.165, 1.54) is 22.6 Å². The lowest BCUT2D eigenvalue weighted by Crippen LogP contribution is -2.40. The molecule has 1 aromatic rings. The predicted molar refractivity (Wildman–Crippen MR) is 82.0 cm³/mol. The SMILES string of the molecule is NCC(=CF)COc1ccc(S(=O)(=O)N2CCC(O)CC2)cn1. The second-order valence-corrected chi connectivity index (χ2v) is 7.17. The number of ether oxygens (including phenoxy) is 1. The number of pyridine rings is 1. The lowest BCUT2D eigenvalue weighted by Gasteiger charge is -2.28. The highest BCUT2D eigenvalue weighted by atomic mass is 32.2. The van der Waals surface area contributed by atoms with Crippen molar-refractivity contribution in [2.75, 3.05) is 26.2 Å². The Morgan fingerprint density at radius 1 is 1.48 bits per heavy atom. The van der Waals surface area contributed by atoms with Gasteiger partial charge in [-0.3, -0.25) is 0 Å². The quantitative estimate of drug-likeness (QED) is 0.774. The zero-order valence-corrected chi connectivity index (χ0v) is 13.4. The lowest BCUT2D eigenvalue weighted by atomic mass is 10.1. The molecule has 0 spiro atoms. The highest BCUT2D eigenvalue weighted by Crippen LogP contribution is 2.21. The van der Waals surface area contributed by atoms with E-state index in [2.05, 4.69) is 4.98 Å². The van der Waals surface area contributed by atoms with Gasteiger partial charge in [-0.2, -0.15) is 4.31 Å². The molecule has 128 valence electrons. The fourth-order valence-electron chi connectivity index (χ4n) is 2.14. The van der Waals surface area contributed by atoms with Crippen LogP contribution in [0.4, 0.5) is 4.39 Å². The molecule has 7 nitrogen and oxygen atoms in total. The third-order valence-electron chi connectivity index (χ3n) is 3.59. The van der Waals surface area contributed by atoms with Crippen molar-refractivity contribution in [2.24, 2.45) is 5.73 Å². The van der Waals surface area contributed by atoms with E-state index in [0.29, 0.717) is 19.2 Å². The summed E-state index contributed by atoms with van der Waals surface area (Å²) in [5.41, 5.74) is 5.58. The molecule has 2 rings (SSSR count). The second-order valence-electron chi connectivity index (χ2n) is 5.23. The van der Waals surface area contributed by atoms with Gasteiger partial charge in [0.25, 0.3) is 0 Å². The molecule has 2 heterocycles. The number of rotatable bonds is 6. The van der Waals surface area contributed by atoms with Crippen LogP contribution in [0, 0.1) is 0 Å². The summed E-state index contributed by atoms with van der Waals surface area (Å²) in [4.78, 5) is 3.98. The maximum Gasteiger partial charge on any atom is 0.244 e. The summed E-state index contributed by atoms with van der Waals surface area (Å²) in [5, 5.41) is 9.45. The van der Waals surface area contributed by atoms with E-state index >= 15 is 0 Å². The standard InChI is InChI=1S/C14H20FN3O4S/c15-7-11(8-16)10-22-14-2-1-13(9-17-14)23(20,21)18-5-3-12(19)4-6-18/h1-2,7,9,12,19H,3-6,8,10,16H2. The van der Waals surface area contributed by atoms with Gasteiger partial charge in [0.2, 0.25) is 15.9 Å². The van der Waals surface area contributed by atoms with Crippen LogP contribution in [0.1, 0.15) is 12.8 Å². The molecule has 0 radical (unpaired) electrons. The molecule has 0 saturated carbocycles. The summed E-state index contributed by atoms with van der Waals surface area (Å²) >= 11 is 0. The topological polar surface area (TPSA) is 106 Å². The number of nitrogens with two attached hydrogens (primary N) is 1. The number of piperidine rings is 1. The summed E-state index contributed by atoms with van der Waals surface area (Å²) in [6.45, 7) is 0.547. The van der Waals surface area contributed by atoms with Gasteiger partial charge in [-0.1, -0.05) is 0 Å². The third-order valence-corrected chi connectivity index (χ3v) is 5.47. The first kappa shape index (κ1) is 17.8. The van der Waals surface area contributed by atoms with Crippen molar-refractivity contribution in [3.63, 3.8) is 0 Å². The fraction of sp³-hybridized carbons (Fsp3) is 0.500. The van der Waals surface area contributed by atoms with Crippen LogP contribution in [-0.2, 0) is 10.0 Å². The van der Waals surface area contributed by atoms with E-state index in [9.17, 15) is 17.9 Å². The molecule has 0 aromatic carbocycles. The summed E-state index contributed by atoms with van der Waals surface area (Å²) in [5.74, 6) is 0.186. The minimum absolute atomic E-state index is 0.0315. The molecule has 1 aliphatic heterocycles. The minimum Gasteiger partial charge on any atom is -0.473 e. The molecular weight excluding hydrogens is 325 g/mol. The fourth-order valence-corrected chi connectivity index (χ4v) is 3.55. The Morgan fingerprint density at radius 2 is 2.17 bits per heavy atom. The number of sulfonamides is 1. The van der Waals surface area contributed by atoms with Crippen LogP contribution in [-0.4, -0.2) is 55.2 Å². The van der Waals surface area contributed by atoms with Gasteiger partial charge < -0.3 is 15.6 Å². The minimum atomic E-state index is -3.63. The van der Waals surface area contributed by atoms with E-state index in [-0.39, 0.29) is 42.6 Å². The maximum atomic E-state index is 12.5. The smallest absolute Gasteiger partial charge is 0.244 e. The van der Waals surface area contributed by atoms with Gasteiger partial charge in [-0.25, -0.2) is 17.8 Å². The Morgan fingerprint density at radius 3 is 2.70 bits per heavy atom. The number of aliphatic hydroxyl groups is 1. The van der Waals surface area contributed by atoms with Crippen molar-refractivity contribution in [3.8, 4) is 5.88 Å². The van der Waals surface area contributed by atoms with Crippen LogP contribution < -0.4 is 10.5 Å². The van der Waals surface area contributed by atoms with Crippen molar-refractivity contribution in [2.45, 2.75) is 23.8 Å². The molecule has 9 heteroatoms. The van der Waals surface area contributed by atoms with Crippen LogP contribution in [0.2, 0.25) is 0 Å². The molecular formula is C14H20FN3O4S. The van der Waals surface area contributed by atoms with Gasteiger partial charge in [0.05, 0.1) is 18.6 Å². The maximum absolute atomic E-state index is 12.5. The summed E-state index contributed by atoms with van der Waals surface area (Å²) < 4.78 is 43.8. The first-order valence-corrected chi connectivity index (χ1v) is 8.66. The molecule has 0 bridgehead atoms. The Hall–Kier alpha value is -1.55. The van der Waals surface area contributed by atoms with Crippen LogP contribution in [0.3, 0.4) is 0 Å². The monoisotopic (exact) mass is 345 g/mol. The largest absolute Gasteiger partial charge is 0.473 e. The zero-order chi connectivity index (χ0) is 16.9. The average molecular weight is 345 g/mol. The van der Waals surface area contributed by atoms with Crippen LogP contribution in [0.25, 0.3) is 0 Å². The van der Waals surface area contributed by atoms with Crippen molar-refractivity contribution < 1.29 is 22.7 Å². The molecule has 1 aromatic heterocycles. The Balaban J connectivity index is 2.03. The van der Waals surface area contributed by atoms with Crippen molar-refractivity contribution in [3.05, 3.63) is 30.2 Å². The molecule has 23 heavy (non-hydrogen) atoms. The number of hydrogen-bond acceptors (Lipinski definition) is 6. The van der Waals surface area contributed by atoms with Crippen molar-refractivity contribution >= 4 is 10.0 Å². The lowest BCUT2D eigenvalue weighted by molar-refractivity contribution is 0.113. The average Bonchev–Trinajstić information content (AvgIpc) is 2.56. The number of aliphatic hydroxyl groups excluding tert-OH is 1. The Bertz CT molecular complexity index is 640. The van der Waals surface area contributed by atoms with E-state index in [4.69, 9.17) is 10.5 Å². The molecule has 3 N–H and O–H groups in total. The van der Waals surface area contributed by atoms with E-state index in [0.717, 1.165) is 0 Å². The van der Waals surface area contributed by atoms with Gasteiger partial charge in [0.15, 0.2) is 0 Å². The van der Waals surface area contributed by atoms with Crippen LogP contribution in [0.5, 0.6) is 5.88 Å². The second kappa shape index (κ2) is 7.82. The van der Waals surface area contributed by atoms with E-state index < -0.39 is 16.1 Å². The van der Waals surface area contributed by atoms with Crippen LogP contribution >= 0.6 is 0 Å². The molecule has 0 unspecified atom stereocenters. The molecule has 1 fully saturated rings. The van der Waals surface area contributed by atoms with Gasteiger partial charge in [-0.15, -0.1) is 0 Å². The van der Waals surface area contributed by atoms with Gasteiger partial charge in [0.1, 0.15) is 11.5 Å². The first-order valence-electron chi connectivity index (χ1n) is 7.22. The van der Waals surface area contributed by atoms with Crippen molar-refractivity contribution in [1.29, 1.82) is 0 Å². The third kappa shape index (κ3) is 4.47. The zero-order valence-electron chi connectivity index (χ0n) is 12.6. The number of halogens is 1. The molecule has 0 amide bonds. The number of aromatic nitrogens is 1. The summed E-state index contributed by atoms with van der Waals surface area (Å²) in [7, 11) is -3.63. The molecule has 1 aliphatic rings. The Kier molecular flexibility index (Phi) is 6.05. The normalized spacial score (nSPS) is 18.1. The van der Waals surface area contributed by atoms with Gasteiger partial charge in [0, 0.05) is 31.3 Å². The Labute approximate surface area is 134 Å². The van der Waals surface area contributed by atoms with Gasteiger partial charge >= 0.3 is 0 Å². The highest BCUT2D eigenvalue weighted by Gasteiger charge is 2.28. The van der Waals surface area contributed by atoms with Crippen LogP contribution in [0.15, 0.2) is 35.1 Å². The molecule has 1 saturated heterocycles. The molecule has 0 atom stereocenters. The summed E-state index contributed by atoms with van der Waals surface area (Å²) in [6.07, 6.45) is 1.98. The summed E-state index contributed by atoms with van der Waals surface area (Å²) in [6, 6.07) is 2.81. The van der Waals surface area contributed by atoms with E-state index in [1.54, 1.807) is 0 Å². The highest BCUT2D eigenvalue weighted by molar-refractivity contribution is 7.89. The first-order chi connectivity index (χ1) is 11.0. The number of nitrogens with zero attached hydrogens (tertiary/aromatic N) is 2. The van der Waals surface area contributed by atoms with E-state index in [1.807, 2.05) is 0 Å². The molecule has 0 aliphatic carbocycles. The number of hydrogen-bond donors (Lipinski definition) is 2.